The Kier molecular flexibility index (Phi) is 2.24. The Labute approximate surface area is 130 Å². The van der Waals surface area contributed by atoms with Gasteiger partial charge < -0.3 is 4.42 Å². The van der Waals surface area contributed by atoms with Gasteiger partial charge in [0.25, 0.3) is 0 Å². The molecule has 0 aliphatic heterocycles. The van der Waals surface area contributed by atoms with E-state index in [2.05, 4.69) is 0 Å². The van der Waals surface area contributed by atoms with Crippen LogP contribution < -0.4 is 5.63 Å². The van der Waals surface area contributed by atoms with Crippen LogP contribution in [-0.2, 0) is 0 Å². The van der Waals surface area contributed by atoms with Gasteiger partial charge in [-0.25, -0.2) is 4.79 Å². The lowest BCUT2D eigenvalue weighted by molar-refractivity contribution is 0.104. The number of hydrogen-bond acceptors (Lipinski definition) is 3. The highest BCUT2D eigenvalue weighted by Crippen LogP contribution is 2.41. The molecule has 4 aromatic rings. The summed E-state index contributed by atoms with van der Waals surface area (Å²) in [6.45, 7) is 0. The van der Waals surface area contributed by atoms with Crippen molar-refractivity contribution < 1.29 is 9.21 Å². The van der Waals surface area contributed by atoms with E-state index in [0.29, 0.717) is 22.1 Å². The number of carbonyl (C=O) groups is 1. The molecule has 1 aliphatic carbocycles. The zero-order valence-electron chi connectivity index (χ0n) is 12.0. The Balaban J connectivity index is 2.06. The SMILES string of the molecule is O=C1c2ccccc2-c2ccc3oc(=O)c4ccccc4c3c21. The van der Waals surface area contributed by atoms with E-state index in [1.54, 1.807) is 18.2 Å². The number of fused-ring (bicyclic) bond motifs is 7. The van der Waals surface area contributed by atoms with Gasteiger partial charge in [0, 0.05) is 21.9 Å². The highest BCUT2D eigenvalue weighted by Gasteiger charge is 2.29. The smallest absolute Gasteiger partial charge is 0.344 e. The van der Waals surface area contributed by atoms with Crippen LogP contribution >= 0.6 is 0 Å². The number of carbonyl (C=O) groups excluding carboxylic acids is 1. The first kappa shape index (κ1) is 12.4. The summed E-state index contributed by atoms with van der Waals surface area (Å²) in [5.41, 5.74) is 3.24. The molecular formula is C20H10O3. The quantitative estimate of drug-likeness (QED) is 0.318. The molecule has 0 spiro atoms. The van der Waals surface area contributed by atoms with Crippen LogP contribution in [0.1, 0.15) is 15.9 Å². The molecule has 0 radical (unpaired) electrons. The third-order valence-electron chi connectivity index (χ3n) is 4.48. The van der Waals surface area contributed by atoms with Gasteiger partial charge >= 0.3 is 5.63 Å². The Morgan fingerprint density at radius 3 is 2.17 bits per heavy atom. The molecule has 3 nitrogen and oxygen atoms in total. The molecule has 0 saturated carbocycles. The molecule has 23 heavy (non-hydrogen) atoms. The summed E-state index contributed by atoms with van der Waals surface area (Å²) >= 11 is 0. The fourth-order valence-electron chi connectivity index (χ4n) is 3.48. The summed E-state index contributed by atoms with van der Waals surface area (Å²) in [5.74, 6) is -0.0137. The first-order chi connectivity index (χ1) is 11.3. The second-order valence-corrected chi connectivity index (χ2v) is 5.67. The fourth-order valence-corrected chi connectivity index (χ4v) is 3.48. The lowest BCUT2D eigenvalue weighted by atomic mass is 9.98. The summed E-state index contributed by atoms with van der Waals surface area (Å²) in [7, 11) is 0. The van der Waals surface area contributed by atoms with E-state index in [-0.39, 0.29) is 11.4 Å². The predicted octanol–water partition coefficient (Wildman–Crippen LogP) is 4.16. The van der Waals surface area contributed by atoms with E-state index in [9.17, 15) is 9.59 Å². The maximum atomic E-state index is 12.9. The van der Waals surface area contributed by atoms with E-state index >= 15 is 0 Å². The van der Waals surface area contributed by atoms with Gasteiger partial charge in [-0.15, -0.1) is 0 Å². The summed E-state index contributed by atoms with van der Waals surface area (Å²) in [6, 6.07) is 18.5. The van der Waals surface area contributed by atoms with Crippen LogP contribution in [0.3, 0.4) is 0 Å². The van der Waals surface area contributed by atoms with Crippen molar-refractivity contribution >= 4 is 27.5 Å². The van der Waals surface area contributed by atoms with Gasteiger partial charge in [-0.2, -0.15) is 0 Å². The van der Waals surface area contributed by atoms with Crippen molar-refractivity contribution in [3.8, 4) is 11.1 Å². The zero-order valence-corrected chi connectivity index (χ0v) is 12.0. The molecule has 0 amide bonds. The standard InChI is InChI=1S/C20H10O3/c21-19-14-7-3-1-5-11(14)13-9-10-16-17(18(13)19)12-6-2-4-8-15(12)20(22)23-16/h1-10H. The van der Waals surface area contributed by atoms with E-state index in [0.717, 1.165) is 21.9 Å². The zero-order chi connectivity index (χ0) is 15.6. The predicted molar refractivity (Wildman–Crippen MR) is 88.9 cm³/mol. The van der Waals surface area contributed by atoms with Gasteiger partial charge in [-0.05, 0) is 29.3 Å². The minimum Gasteiger partial charge on any atom is -0.422 e. The van der Waals surface area contributed by atoms with Crippen LogP contribution in [0.4, 0.5) is 0 Å². The molecule has 3 aromatic carbocycles. The minimum atomic E-state index is -0.379. The van der Waals surface area contributed by atoms with Gasteiger partial charge in [0.15, 0.2) is 5.78 Å². The van der Waals surface area contributed by atoms with E-state index in [1.165, 1.54) is 0 Å². The molecule has 1 aromatic heterocycles. The summed E-state index contributed by atoms with van der Waals surface area (Å²) in [4.78, 5) is 25.1. The molecule has 5 rings (SSSR count). The monoisotopic (exact) mass is 298 g/mol. The molecule has 1 aliphatic rings. The van der Waals surface area contributed by atoms with Crippen molar-refractivity contribution in [3.05, 3.63) is 82.2 Å². The lowest BCUT2D eigenvalue weighted by Crippen LogP contribution is -2.03. The van der Waals surface area contributed by atoms with Gasteiger partial charge in [-0.3, -0.25) is 4.79 Å². The molecule has 0 N–H and O–H groups in total. The van der Waals surface area contributed by atoms with Crippen molar-refractivity contribution in [2.75, 3.05) is 0 Å². The Morgan fingerprint density at radius 2 is 1.35 bits per heavy atom. The molecule has 108 valence electrons. The van der Waals surface area contributed by atoms with Crippen LogP contribution in [-0.4, -0.2) is 5.78 Å². The van der Waals surface area contributed by atoms with Crippen molar-refractivity contribution in [3.63, 3.8) is 0 Å². The average molecular weight is 298 g/mol. The van der Waals surface area contributed by atoms with Crippen LogP contribution in [0.15, 0.2) is 69.9 Å². The van der Waals surface area contributed by atoms with Crippen molar-refractivity contribution in [1.29, 1.82) is 0 Å². The maximum absolute atomic E-state index is 12.9. The third-order valence-corrected chi connectivity index (χ3v) is 4.48. The van der Waals surface area contributed by atoms with Gasteiger partial charge in [0.05, 0.1) is 5.39 Å². The molecule has 1 heterocycles. The number of benzene rings is 3. The summed E-state index contributed by atoms with van der Waals surface area (Å²) in [6.07, 6.45) is 0. The number of rotatable bonds is 0. The van der Waals surface area contributed by atoms with Gasteiger partial charge in [0.1, 0.15) is 5.58 Å². The first-order valence-electron chi connectivity index (χ1n) is 7.38. The average Bonchev–Trinajstić information content (AvgIpc) is 2.88. The molecule has 0 atom stereocenters. The second kappa shape index (κ2) is 4.17. The van der Waals surface area contributed by atoms with E-state index in [4.69, 9.17) is 4.42 Å². The molecule has 0 bridgehead atoms. The normalized spacial score (nSPS) is 12.6. The van der Waals surface area contributed by atoms with Crippen LogP contribution in [0, 0.1) is 0 Å². The van der Waals surface area contributed by atoms with Crippen molar-refractivity contribution in [1.82, 2.24) is 0 Å². The Morgan fingerprint density at radius 1 is 0.652 bits per heavy atom. The topological polar surface area (TPSA) is 47.3 Å². The molecule has 0 unspecified atom stereocenters. The largest absolute Gasteiger partial charge is 0.422 e. The van der Waals surface area contributed by atoms with E-state index in [1.807, 2.05) is 42.5 Å². The lowest BCUT2D eigenvalue weighted by Gasteiger charge is -2.07. The minimum absolute atomic E-state index is 0.0137. The fraction of sp³-hybridized carbons (Fsp3) is 0. The maximum Gasteiger partial charge on any atom is 0.344 e. The molecule has 0 fully saturated rings. The summed E-state index contributed by atoms with van der Waals surface area (Å²) < 4.78 is 5.44. The van der Waals surface area contributed by atoms with Gasteiger partial charge in [-0.1, -0.05) is 42.5 Å². The number of hydrogen-bond donors (Lipinski definition) is 0. The van der Waals surface area contributed by atoms with Crippen LogP contribution in [0.5, 0.6) is 0 Å². The van der Waals surface area contributed by atoms with E-state index < -0.39 is 0 Å². The Hall–Kier alpha value is -3.20. The molecular weight excluding hydrogens is 288 g/mol. The highest BCUT2D eigenvalue weighted by molar-refractivity contribution is 6.30. The third kappa shape index (κ3) is 1.48. The second-order valence-electron chi connectivity index (χ2n) is 5.67. The highest BCUT2D eigenvalue weighted by atomic mass is 16.4. The molecule has 3 heteroatoms. The first-order valence-corrected chi connectivity index (χ1v) is 7.38. The number of ketones is 1. The Bertz CT molecular complexity index is 1200. The van der Waals surface area contributed by atoms with Crippen molar-refractivity contribution in [2.45, 2.75) is 0 Å². The summed E-state index contributed by atoms with van der Waals surface area (Å²) in [5, 5.41) is 1.98. The van der Waals surface area contributed by atoms with Crippen LogP contribution in [0.2, 0.25) is 0 Å². The molecule has 0 saturated heterocycles. The van der Waals surface area contributed by atoms with Gasteiger partial charge in [0.2, 0.25) is 0 Å². The van der Waals surface area contributed by atoms with Crippen LogP contribution in [0.25, 0.3) is 32.9 Å². The van der Waals surface area contributed by atoms with Crippen molar-refractivity contribution in [2.24, 2.45) is 0 Å².